The van der Waals surface area contributed by atoms with Crippen LogP contribution in [-0.4, -0.2) is 24.0 Å². The van der Waals surface area contributed by atoms with Crippen LogP contribution in [0.3, 0.4) is 0 Å². The Morgan fingerprint density at radius 1 is 1.46 bits per heavy atom. The molecule has 1 N–H and O–H groups in total. The maximum Gasteiger partial charge on any atom is 0.267 e. The predicted octanol–water partition coefficient (Wildman–Crippen LogP) is 1.27. The SMILES string of the molecule is CC(=O)C(C)(C)CC(C)S(=O)(=O)O. The second-order valence-corrected chi connectivity index (χ2v) is 5.80. The fraction of sp³-hybridized carbons (Fsp3) is 0.875. The van der Waals surface area contributed by atoms with E-state index in [9.17, 15) is 13.2 Å². The Morgan fingerprint density at radius 3 is 2.08 bits per heavy atom. The molecule has 0 aromatic carbocycles. The highest BCUT2D eigenvalue weighted by Crippen LogP contribution is 2.25. The van der Waals surface area contributed by atoms with Gasteiger partial charge in [-0.3, -0.25) is 9.35 Å². The summed E-state index contributed by atoms with van der Waals surface area (Å²) in [5.41, 5.74) is -0.699. The van der Waals surface area contributed by atoms with Crippen LogP contribution >= 0.6 is 0 Å². The van der Waals surface area contributed by atoms with Crippen LogP contribution in [0.1, 0.15) is 34.1 Å². The predicted molar refractivity (Wildman–Crippen MR) is 50.1 cm³/mol. The van der Waals surface area contributed by atoms with Gasteiger partial charge in [0.05, 0.1) is 5.25 Å². The van der Waals surface area contributed by atoms with Gasteiger partial charge in [0.25, 0.3) is 10.1 Å². The van der Waals surface area contributed by atoms with Gasteiger partial charge in [-0.2, -0.15) is 8.42 Å². The van der Waals surface area contributed by atoms with Crippen LogP contribution in [0.4, 0.5) is 0 Å². The Bertz CT molecular complexity index is 289. The first kappa shape index (κ1) is 12.6. The lowest BCUT2D eigenvalue weighted by molar-refractivity contribution is -0.125. The van der Waals surface area contributed by atoms with E-state index in [0.29, 0.717) is 0 Å². The molecule has 0 amide bonds. The minimum atomic E-state index is -4.02. The second-order valence-electron chi connectivity index (χ2n) is 3.97. The lowest BCUT2D eigenvalue weighted by Gasteiger charge is -2.23. The van der Waals surface area contributed by atoms with Crippen LogP contribution in [0.25, 0.3) is 0 Å². The Kier molecular flexibility index (Phi) is 3.63. The molecule has 1 unspecified atom stereocenters. The van der Waals surface area contributed by atoms with Gasteiger partial charge in [-0.1, -0.05) is 13.8 Å². The lowest BCUT2D eigenvalue weighted by atomic mass is 9.84. The largest absolute Gasteiger partial charge is 0.299 e. The number of Topliss-reactive ketones (excluding diaryl/α,β-unsaturated/α-hetero) is 1. The first-order valence-corrected chi connectivity index (χ1v) is 5.55. The summed E-state index contributed by atoms with van der Waals surface area (Å²) in [7, 11) is -4.02. The van der Waals surface area contributed by atoms with Gasteiger partial charge in [-0.25, -0.2) is 0 Å². The number of ketones is 1. The van der Waals surface area contributed by atoms with Crippen molar-refractivity contribution >= 4 is 15.9 Å². The van der Waals surface area contributed by atoms with Crippen molar-refractivity contribution in [3.05, 3.63) is 0 Å². The molecule has 0 radical (unpaired) electrons. The van der Waals surface area contributed by atoms with E-state index in [1.807, 2.05) is 0 Å². The first-order valence-electron chi connectivity index (χ1n) is 4.04. The van der Waals surface area contributed by atoms with Crippen molar-refractivity contribution in [2.24, 2.45) is 5.41 Å². The average molecular weight is 208 g/mol. The summed E-state index contributed by atoms with van der Waals surface area (Å²) in [6.07, 6.45) is 0.140. The molecule has 0 saturated carbocycles. The molecule has 0 heterocycles. The molecular formula is C8H16O4S. The molecule has 5 heteroatoms. The smallest absolute Gasteiger partial charge is 0.267 e. The van der Waals surface area contributed by atoms with Crippen molar-refractivity contribution in [1.82, 2.24) is 0 Å². The standard InChI is InChI=1S/C8H16O4S/c1-6(13(10,11)12)5-8(3,4)7(2)9/h6H,5H2,1-4H3,(H,10,11,12). The molecule has 13 heavy (non-hydrogen) atoms. The summed E-state index contributed by atoms with van der Waals surface area (Å²) in [6.45, 7) is 6.13. The van der Waals surface area contributed by atoms with Crippen molar-refractivity contribution in [1.29, 1.82) is 0 Å². The van der Waals surface area contributed by atoms with E-state index >= 15 is 0 Å². The Labute approximate surface area is 79.1 Å². The van der Waals surface area contributed by atoms with Crippen LogP contribution in [0.15, 0.2) is 0 Å². The molecule has 0 aromatic rings. The summed E-state index contributed by atoms with van der Waals surface area (Å²) >= 11 is 0. The van der Waals surface area contributed by atoms with Gasteiger partial charge in [0.2, 0.25) is 0 Å². The summed E-state index contributed by atoms with van der Waals surface area (Å²) in [5, 5.41) is -0.897. The normalized spacial score (nSPS) is 15.5. The summed E-state index contributed by atoms with van der Waals surface area (Å²) in [6, 6.07) is 0. The third-order valence-electron chi connectivity index (χ3n) is 2.26. The number of carbonyl (C=O) groups is 1. The van der Waals surface area contributed by atoms with E-state index < -0.39 is 20.8 Å². The van der Waals surface area contributed by atoms with Crippen molar-refractivity contribution < 1.29 is 17.8 Å². The monoisotopic (exact) mass is 208 g/mol. The van der Waals surface area contributed by atoms with Crippen LogP contribution in [0.2, 0.25) is 0 Å². The maximum atomic E-state index is 11.1. The Hall–Kier alpha value is -0.420. The molecule has 0 bridgehead atoms. The third-order valence-corrected chi connectivity index (χ3v) is 3.44. The van der Waals surface area contributed by atoms with E-state index in [4.69, 9.17) is 4.55 Å². The molecule has 0 spiro atoms. The van der Waals surface area contributed by atoms with Gasteiger partial charge in [-0.05, 0) is 20.3 Å². The fourth-order valence-corrected chi connectivity index (χ4v) is 1.59. The number of hydrogen-bond donors (Lipinski definition) is 1. The van der Waals surface area contributed by atoms with Crippen molar-refractivity contribution in [2.75, 3.05) is 0 Å². The van der Waals surface area contributed by atoms with E-state index in [1.54, 1.807) is 13.8 Å². The number of rotatable bonds is 4. The van der Waals surface area contributed by atoms with Gasteiger partial charge in [0.15, 0.2) is 0 Å². The van der Waals surface area contributed by atoms with Crippen molar-refractivity contribution in [2.45, 2.75) is 39.4 Å². The zero-order chi connectivity index (χ0) is 10.9. The van der Waals surface area contributed by atoms with Gasteiger partial charge in [0, 0.05) is 5.41 Å². The summed E-state index contributed by atoms with van der Waals surface area (Å²) in [4.78, 5) is 11.1. The third kappa shape index (κ3) is 3.87. The summed E-state index contributed by atoms with van der Waals surface area (Å²) in [5.74, 6) is -0.0806. The highest BCUT2D eigenvalue weighted by molar-refractivity contribution is 7.86. The minimum Gasteiger partial charge on any atom is -0.299 e. The zero-order valence-electron chi connectivity index (χ0n) is 8.36. The van der Waals surface area contributed by atoms with Gasteiger partial charge in [0.1, 0.15) is 5.78 Å². The Balaban J connectivity index is 4.56. The molecule has 4 nitrogen and oxygen atoms in total. The molecule has 0 aliphatic rings. The molecule has 0 aliphatic heterocycles. The number of hydrogen-bond acceptors (Lipinski definition) is 3. The fourth-order valence-electron chi connectivity index (χ4n) is 0.968. The van der Waals surface area contributed by atoms with Gasteiger partial charge < -0.3 is 0 Å². The Morgan fingerprint density at radius 2 is 1.85 bits per heavy atom. The van der Waals surface area contributed by atoms with Crippen molar-refractivity contribution in [3.63, 3.8) is 0 Å². The number of carbonyl (C=O) groups excluding carboxylic acids is 1. The van der Waals surface area contributed by atoms with E-state index in [1.165, 1.54) is 13.8 Å². The van der Waals surface area contributed by atoms with Crippen LogP contribution < -0.4 is 0 Å². The molecule has 1 atom stereocenters. The van der Waals surface area contributed by atoms with Crippen LogP contribution in [0.5, 0.6) is 0 Å². The minimum absolute atomic E-state index is 0.0806. The molecular weight excluding hydrogens is 192 g/mol. The lowest BCUT2D eigenvalue weighted by Crippen LogP contribution is -2.30. The van der Waals surface area contributed by atoms with Crippen LogP contribution in [-0.2, 0) is 14.9 Å². The molecule has 0 rings (SSSR count). The zero-order valence-corrected chi connectivity index (χ0v) is 9.18. The molecule has 0 saturated heterocycles. The van der Waals surface area contributed by atoms with E-state index in [-0.39, 0.29) is 12.2 Å². The highest BCUT2D eigenvalue weighted by Gasteiger charge is 2.30. The van der Waals surface area contributed by atoms with E-state index in [2.05, 4.69) is 0 Å². The van der Waals surface area contributed by atoms with Crippen LogP contribution in [0, 0.1) is 5.41 Å². The first-order chi connectivity index (χ1) is 5.57. The topological polar surface area (TPSA) is 71.4 Å². The molecule has 0 aromatic heterocycles. The van der Waals surface area contributed by atoms with Gasteiger partial charge >= 0.3 is 0 Å². The average Bonchev–Trinajstić information content (AvgIpc) is 1.83. The highest BCUT2D eigenvalue weighted by atomic mass is 32.2. The van der Waals surface area contributed by atoms with Gasteiger partial charge in [-0.15, -0.1) is 0 Å². The quantitative estimate of drug-likeness (QED) is 0.706. The van der Waals surface area contributed by atoms with Crippen molar-refractivity contribution in [3.8, 4) is 0 Å². The molecule has 78 valence electrons. The maximum absolute atomic E-state index is 11.1. The molecule has 0 fully saturated rings. The summed E-state index contributed by atoms with van der Waals surface area (Å²) < 4.78 is 30.0. The second kappa shape index (κ2) is 3.75. The molecule has 0 aliphatic carbocycles. The van der Waals surface area contributed by atoms with E-state index in [0.717, 1.165) is 0 Å².